The Morgan fingerprint density at radius 2 is 1.95 bits per heavy atom. The summed E-state index contributed by atoms with van der Waals surface area (Å²) in [5, 5.41) is 51.7. The van der Waals surface area contributed by atoms with E-state index in [0.717, 1.165) is 0 Å². The van der Waals surface area contributed by atoms with Crippen LogP contribution >= 0.6 is 0 Å². The Balaban J connectivity index is 2.15. The first kappa shape index (κ1) is 16.4. The second-order valence-electron chi connectivity index (χ2n) is 4.92. The molecule has 0 radical (unpaired) electrons. The molecule has 0 spiro atoms. The standard InChI is InChI=1S/C12H17N3O7/c13-6-3-5(1-2-7(6)15(20)21)14-12-11(19)10(18)9(17)8(4-16)22-12/h1-3,8-12,14,16-19H,4,13H2/t8-,9+,10+,11+,12-/m0/s1. The van der Waals surface area contributed by atoms with Crippen LogP contribution in [0.2, 0.25) is 0 Å². The molecule has 10 nitrogen and oxygen atoms in total. The van der Waals surface area contributed by atoms with Crippen molar-refractivity contribution in [3.63, 3.8) is 0 Å². The zero-order chi connectivity index (χ0) is 16.4. The molecule has 7 N–H and O–H groups in total. The highest BCUT2D eigenvalue weighted by molar-refractivity contribution is 5.66. The van der Waals surface area contributed by atoms with Crippen LogP contribution in [0.5, 0.6) is 0 Å². The van der Waals surface area contributed by atoms with E-state index in [-0.39, 0.29) is 11.4 Å². The van der Waals surface area contributed by atoms with Crippen LogP contribution in [-0.4, -0.2) is 62.6 Å². The fraction of sp³-hybridized carbons (Fsp3) is 0.500. The van der Waals surface area contributed by atoms with Gasteiger partial charge in [0.1, 0.15) is 30.1 Å². The van der Waals surface area contributed by atoms with Crippen molar-refractivity contribution in [3.05, 3.63) is 28.3 Å². The van der Waals surface area contributed by atoms with Crippen LogP contribution in [0.3, 0.4) is 0 Å². The topological polar surface area (TPSA) is 171 Å². The second kappa shape index (κ2) is 6.42. The van der Waals surface area contributed by atoms with Gasteiger partial charge in [-0.1, -0.05) is 0 Å². The van der Waals surface area contributed by atoms with Crippen molar-refractivity contribution in [1.82, 2.24) is 0 Å². The average Bonchev–Trinajstić information content (AvgIpc) is 2.47. The Hall–Kier alpha value is -1.98. The molecule has 1 heterocycles. The number of nitro benzene ring substituents is 1. The third-order valence-electron chi connectivity index (χ3n) is 3.43. The molecule has 1 aliphatic rings. The highest BCUT2D eigenvalue weighted by Crippen LogP contribution is 2.27. The van der Waals surface area contributed by atoms with E-state index < -0.39 is 42.2 Å². The lowest BCUT2D eigenvalue weighted by Gasteiger charge is -2.40. The van der Waals surface area contributed by atoms with E-state index in [2.05, 4.69) is 5.32 Å². The number of anilines is 2. The maximum Gasteiger partial charge on any atom is 0.292 e. The van der Waals surface area contributed by atoms with Crippen LogP contribution in [0, 0.1) is 10.1 Å². The molecule has 1 aromatic rings. The summed E-state index contributed by atoms with van der Waals surface area (Å²) in [5.74, 6) is 0. The van der Waals surface area contributed by atoms with Gasteiger partial charge in [-0.2, -0.15) is 0 Å². The zero-order valence-corrected chi connectivity index (χ0v) is 11.4. The smallest absolute Gasteiger partial charge is 0.292 e. The van der Waals surface area contributed by atoms with E-state index in [1.807, 2.05) is 0 Å². The molecule has 1 saturated heterocycles. The summed E-state index contributed by atoms with van der Waals surface area (Å²) < 4.78 is 5.26. The fourth-order valence-electron chi connectivity index (χ4n) is 2.20. The van der Waals surface area contributed by atoms with Crippen LogP contribution in [0.1, 0.15) is 0 Å². The number of hydrogen-bond acceptors (Lipinski definition) is 9. The maximum absolute atomic E-state index is 10.7. The number of nitrogen functional groups attached to an aromatic ring is 1. The Bertz CT molecular complexity index is 554. The van der Waals surface area contributed by atoms with E-state index in [9.17, 15) is 25.4 Å². The normalized spacial score (nSPS) is 31.7. The highest BCUT2D eigenvalue weighted by Gasteiger charge is 2.43. The van der Waals surface area contributed by atoms with Gasteiger partial charge in [-0.3, -0.25) is 10.1 Å². The van der Waals surface area contributed by atoms with Crippen molar-refractivity contribution in [2.75, 3.05) is 17.7 Å². The van der Waals surface area contributed by atoms with Crippen molar-refractivity contribution in [2.45, 2.75) is 30.6 Å². The number of nitrogens with one attached hydrogen (secondary N) is 1. The van der Waals surface area contributed by atoms with Crippen LogP contribution < -0.4 is 11.1 Å². The third kappa shape index (κ3) is 3.10. The Morgan fingerprint density at radius 1 is 1.27 bits per heavy atom. The van der Waals surface area contributed by atoms with Gasteiger partial charge in [-0.15, -0.1) is 0 Å². The zero-order valence-electron chi connectivity index (χ0n) is 11.4. The summed E-state index contributed by atoms with van der Waals surface area (Å²) in [7, 11) is 0. The van der Waals surface area contributed by atoms with Gasteiger partial charge in [0.2, 0.25) is 0 Å². The van der Waals surface area contributed by atoms with Crippen LogP contribution in [-0.2, 0) is 4.74 Å². The molecule has 0 aliphatic carbocycles. The number of nitrogens with two attached hydrogens (primary N) is 1. The van der Waals surface area contributed by atoms with Gasteiger partial charge in [0.25, 0.3) is 5.69 Å². The summed E-state index contributed by atoms with van der Waals surface area (Å²) in [6.45, 7) is -0.550. The molecule has 5 atom stereocenters. The number of benzene rings is 1. The van der Waals surface area contributed by atoms with E-state index in [4.69, 9.17) is 15.6 Å². The molecule has 10 heteroatoms. The van der Waals surface area contributed by atoms with E-state index in [0.29, 0.717) is 5.69 Å². The molecule has 0 unspecified atom stereocenters. The minimum absolute atomic E-state index is 0.0837. The minimum atomic E-state index is -1.52. The van der Waals surface area contributed by atoms with Crippen molar-refractivity contribution in [1.29, 1.82) is 0 Å². The molecule has 1 aliphatic heterocycles. The predicted octanol–water partition coefficient (Wildman–Crippen LogP) is -1.61. The SMILES string of the molecule is Nc1cc(N[C@H]2O[C@@H](CO)[C@@H](O)[C@@H](O)[C@H]2O)ccc1[N+](=O)[O-]. The lowest BCUT2D eigenvalue weighted by Crippen LogP contribution is -2.60. The van der Waals surface area contributed by atoms with Gasteiger partial charge < -0.3 is 36.2 Å². The molecular formula is C12H17N3O7. The van der Waals surface area contributed by atoms with Crippen molar-refractivity contribution in [2.24, 2.45) is 0 Å². The number of hydrogen-bond donors (Lipinski definition) is 6. The quantitative estimate of drug-likeness (QED) is 0.217. The predicted molar refractivity (Wildman–Crippen MR) is 74.9 cm³/mol. The second-order valence-corrected chi connectivity index (χ2v) is 4.92. The Kier molecular flexibility index (Phi) is 4.78. The van der Waals surface area contributed by atoms with Crippen LogP contribution in [0.4, 0.5) is 17.1 Å². The lowest BCUT2D eigenvalue weighted by atomic mass is 9.98. The number of nitrogens with zero attached hydrogens (tertiary/aromatic N) is 1. The van der Waals surface area contributed by atoms with Gasteiger partial charge in [0.15, 0.2) is 6.23 Å². The van der Waals surface area contributed by atoms with E-state index >= 15 is 0 Å². The first-order valence-corrected chi connectivity index (χ1v) is 6.46. The molecule has 2 rings (SSSR count). The van der Waals surface area contributed by atoms with Gasteiger partial charge >= 0.3 is 0 Å². The molecule has 0 saturated carbocycles. The lowest BCUT2D eigenvalue weighted by molar-refractivity contribution is -0.383. The monoisotopic (exact) mass is 315 g/mol. The third-order valence-corrected chi connectivity index (χ3v) is 3.43. The van der Waals surface area contributed by atoms with Gasteiger partial charge in [-0.05, 0) is 12.1 Å². The molecule has 1 fully saturated rings. The first-order valence-electron chi connectivity index (χ1n) is 6.46. The summed E-state index contributed by atoms with van der Waals surface area (Å²) >= 11 is 0. The van der Waals surface area contributed by atoms with Gasteiger partial charge in [0.05, 0.1) is 11.5 Å². The minimum Gasteiger partial charge on any atom is -0.394 e. The Morgan fingerprint density at radius 3 is 2.50 bits per heavy atom. The van der Waals surface area contributed by atoms with Gasteiger partial charge in [0, 0.05) is 11.8 Å². The van der Waals surface area contributed by atoms with Gasteiger partial charge in [-0.25, -0.2) is 0 Å². The molecular weight excluding hydrogens is 298 g/mol. The van der Waals surface area contributed by atoms with E-state index in [1.165, 1.54) is 18.2 Å². The first-order chi connectivity index (χ1) is 10.3. The van der Waals surface area contributed by atoms with Crippen LogP contribution in [0.25, 0.3) is 0 Å². The molecule has 122 valence electrons. The van der Waals surface area contributed by atoms with Crippen molar-refractivity contribution < 1.29 is 30.1 Å². The van der Waals surface area contributed by atoms with Crippen molar-refractivity contribution >= 4 is 17.1 Å². The molecule has 1 aromatic carbocycles. The number of rotatable bonds is 4. The molecule has 0 bridgehead atoms. The molecule has 0 amide bonds. The molecule has 22 heavy (non-hydrogen) atoms. The number of aliphatic hydroxyl groups excluding tert-OH is 4. The largest absolute Gasteiger partial charge is 0.394 e. The fourth-order valence-corrected chi connectivity index (χ4v) is 2.20. The number of aliphatic hydroxyl groups is 4. The summed E-state index contributed by atoms with van der Waals surface area (Å²) in [6, 6.07) is 3.82. The van der Waals surface area contributed by atoms with E-state index in [1.54, 1.807) is 0 Å². The number of nitro groups is 1. The maximum atomic E-state index is 10.7. The molecule has 0 aromatic heterocycles. The summed E-state index contributed by atoms with van der Waals surface area (Å²) in [4.78, 5) is 10.1. The number of ether oxygens (including phenoxy) is 1. The Labute approximate surface area is 124 Å². The van der Waals surface area contributed by atoms with Crippen molar-refractivity contribution in [3.8, 4) is 0 Å². The highest BCUT2D eigenvalue weighted by atomic mass is 16.6. The average molecular weight is 315 g/mol. The summed E-state index contributed by atoms with van der Waals surface area (Å²) in [6.07, 6.45) is -6.62. The summed E-state index contributed by atoms with van der Waals surface area (Å²) in [5.41, 5.74) is 5.51. The van der Waals surface area contributed by atoms with Crippen LogP contribution in [0.15, 0.2) is 18.2 Å².